The van der Waals surface area contributed by atoms with E-state index < -0.39 is 0 Å². The largest absolute Gasteiger partial charge is 0.251 e. The summed E-state index contributed by atoms with van der Waals surface area (Å²) < 4.78 is 0. The number of benzene rings is 4. The van der Waals surface area contributed by atoms with Gasteiger partial charge in [0.1, 0.15) is 0 Å². The maximum Gasteiger partial charge on any atom is 0.0849 e. The van der Waals surface area contributed by atoms with E-state index in [0.29, 0.717) is 0 Å². The van der Waals surface area contributed by atoms with Gasteiger partial charge < -0.3 is 0 Å². The maximum atomic E-state index is 5.10. The zero-order valence-electron chi connectivity index (χ0n) is 30.2. The Hall–Kier alpha value is -6.14. The van der Waals surface area contributed by atoms with Crippen LogP contribution in [0.4, 0.5) is 22.7 Å². The van der Waals surface area contributed by atoms with Gasteiger partial charge in [0.2, 0.25) is 0 Å². The number of hydrogen-bond acceptors (Lipinski definition) is 6. The van der Waals surface area contributed by atoms with E-state index in [-0.39, 0.29) is 0 Å². The van der Waals surface area contributed by atoms with Crippen molar-refractivity contribution in [2.24, 2.45) is 20.0 Å². The Morgan fingerprint density at radius 3 is 0.769 bits per heavy atom. The van der Waals surface area contributed by atoms with Gasteiger partial charge in [0.25, 0.3) is 0 Å². The van der Waals surface area contributed by atoms with Gasteiger partial charge in [-0.05, 0) is 124 Å². The van der Waals surface area contributed by atoms with Gasteiger partial charge in [-0.1, -0.05) is 84.9 Å². The lowest BCUT2D eigenvalue weighted by Crippen LogP contribution is -2.06. The summed E-state index contributed by atoms with van der Waals surface area (Å²) in [6.07, 6.45) is 3.29. The fourth-order valence-corrected chi connectivity index (χ4v) is 6.49. The number of rotatable bonds is 0. The number of fused-ring (bicyclic) bond motifs is 8. The van der Waals surface area contributed by atoms with Crippen LogP contribution in [0.25, 0.3) is 0 Å². The highest BCUT2D eigenvalue weighted by molar-refractivity contribution is 6.03. The van der Waals surface area contributed by atoms with Gasteiger partial charge in [-0.25, -0.2) is 9.97 Å². The zero-order chi connectivity index (χ0) is 35.9. The van der Waals surface area contributed by atoms with Crippen molar-refractivity contribution < 1.29 is 0 Å². The molecule has 3 heterocycles. The van der Waals surface area contributed by atoms with E-state index in [1.165, 1.54) is 22.3 Å². The molecule has 0 fully saturated rings. The van der Waals surface area contributed by atoms with Gasteiger partial charge in [0.05, 0.1) is 68.4 Å². The van der Waals surface area contributed by atoms with Crippen LogP contribution >= 0.6 is 0 Å². The molecule has 256 valence electrons. The van der Waals surface area contributed by atoms with Crippen molar-refractivity contribution in [2.75, 3.05) is 0 Å². The molecule has 7 rings (SSSR count). The third-order valence-corrected chi connectivity index (χ3v) is 9.43. The Kier molecular flexibility index (Phi) is 10.4. The van der Waals surface area contributed by atoms with Crippen LogP contribution in [0.5, 0.6) is 0 Å². The lowest BCUT2D eigenvalue weighted by atomic mass is 10.0. The first kappa shape index (κ1) is 34.3. The van der Waals surface area contributed by atoms with Crippen LogP contribution < -0.4 is 0 Å². The van der Waals surface area contributed by atoms with Gasteiger partial charge in [-0.15, -0.1) is 0 Å². The third kappa shape index (κ3) is 8.08. The Morgan fingerprint density at radius 2 is 0.519 bits per heavy atom. The molecule has 52 heavy (non-hydrogen) atoms. The highest BCUT2D eigenvalue weighted by Gasteiger charge is 2.12. The van der Waals surface area contributed by atoms with Gasteiger partial charge in [0, 0.05) is 0 Å². The predicted molar refractivity (Wildman–Crippen MR) is 217 cm³/mol. The van der Waals surface area contributed by atoms with Gasteiger partial charge in [0.15, 0.2) is 0 Å². The SMILES string of the molecule is CC1=Nc2ccccc2CCc2ccccc2N=C(C)c2cccc(n2)C(C)=Nc2ccccc2CCc2ccccc2N=C(C)c2cccc1n2. The number of para-hydroxylation sites is 4. The van der Waals surface area contributed by atoms with E-state index in [1.54, 1.807) is 0 Å². The van der Waals surface area contributed by atoms with Crippen molar-refractivity contribution in [2.45, 2.75) is 53.4 Å². The molecule has 1 aliphatic heterocycles. The smallest absolute Gasteiger partial charge is 0.0849 e. The third-order valence-electron chi connectivity index (χ3n) is 9.43. The van der Waals surface area contributed by atoms with Crippen LogP contribution in [-0.4, -0.2) is 32.8 Å². The van der Waals surface area contributed by atoms with Crippen molar-refractivity contribution in [1.29, 1.82) is 0 Å². The lowest BCUT2D eigenvalue weighted by molar-refractivity contribution is 0.958. The molecule has 1 aliphatic rings. The van der Waals surface area contributed by atoms with Crippen molar-refractivity contribution in [3.8, 4) is 0 Å². The monoisotopic (exact) mass is 678 g/mol. The average Bonchev–Trinajstić information content (AvgIpc) is 3.18. The molecule has 0 N–H and O–H groups in total. The van der Waals surface area contributed by atoms with E-state index >= 15 is 0 Å². The molecular weight excluding hydrogens is 637 g/mol. The number of aliphatic imine (C=N–C) groups is 4. The number of hydrogen-bond donors (Lipinski definition) is 0. The highest BCUT2D eigenvalue weighted by atomic mass is 14.9. The molecule has 0 aliphatic carbocycles. The molecule has 4 bridgehead atoms. The average molecular weight is 679 g/mol. The number of pyridine rings is 2. The van der Waals surface area contributed by atoms with E-state index in [9.17, 15) is 0 Å². The van der Waals surface area contributed by atoms with Crippen LogP contribution in [0.15, 0.2) is 153 Å². The lowest BCUT2D eigenvalue weighted by Gasteiger charge is -2.11. The molecule has 0 saturated heterocycles. The molecule has 0 amide bonds. The predicted octanol–water partition coefficient (Wildman–Crippen LogP) is 10.9. The molecule has 6 nitrogen and oxygen atoms in total. The van der Waals surface area contributed by atoms with Crippen LogP contribution in [0.3, 0.4) is 0 Å². The summed E-state index contributed by atoms with van der Waals surface area (Å²) in [6, 6.07) is 45.6. The Balaban J connectivity index is 1.32. The Bertz CT molecular complexity index is 2040. The van der Waals surface area contributed by atoms with Crippen LogP contribution in [0.2, 0.25) is 0 Å². The molecule has 4 aromatic carbocycles. The van der Waals surface area contributed by atoms with Crippen molar-refractivity contribution in [1.82, 2.24) is 9.97 Å². The van der Waals surface area contributed by atoms with Crippen molar-refractivity contribution in [3.63, 3.8) is 0 Å². The molecule has 0 spiro atoms. The first-order chi connectivity index (χ1) is 25.4. The van der Waals surface area contributed by atoms with Crippen molar-refractivity contribution >= 4 is 45.6 Å². The first-order valence-corrected chi connectivity index (χ1v) is 17.9. The quantitative estimate of drug-likeness (QED) is 0.160. The second kappa shape index (κ2) is 15.8. The molecule has 6 aromatic rings. The number of aryl methyl sites for hydroxylation is 4. The van der Waals surface area contributed by atoms with Gasteiger partial charge >= 0.3 is 0 Å². The summed E-state index contributed by atoms with van der Waals surface area (Å²) >= 11 is 0. The van der Waals surface area contributed by atoms with Gasteiger partial charge in [-0.3, -0.25) is 20.0 Å². The van der Waals surface area contributed by atoms with Gasteiger partial charge in [-0.2, -0.15) is 0 Å². The minimum absolute atomic E-state index is 0.821. The second-order valence-corrected chi connectivity index (χ2v) is 13.1. The Labute approximate surface area is 306 Å². The minimum Gasteiger partial charge on any atom is -0.251 e. The molecular formula is C46H42N6. The normalized spacial score (nSPS) is 13.9. The Morgan fingerprint density at radius 1 is 0.288 bits per heavy atom. The fraction of sp³-hybridized carbons (Fsp3) is 0.174. The highest BCUT2D eigenvalue weighted by Crippen LogP contribution is 2.28. The summed E-state index contributed by atoms with van der Waals surface area (Å²) in [6.45, 7) is 8.11. The molecule has 0 saturated carbocycles. The maximum absolute atomic E-state index is 5.10. The van der Waals surface area contributed by atoms with E-state index in [2.05, 4.69) is 72.8 Å². The number of nitrogens with zero attached hydrogens (tertiary/aromatic N) is 6. The molecule has 0 radical (unpaired) electrons. The van der Waals surface area contributed by atoms with Crippen LogP contribution in [-0.2, 0) is 25.7 Å². The molecule has 0 atom stereocenters. The molecule has 0 unspecified atom stereocenters. The standard InChI is InChI=1S/C46H42N6/c1-31-39-23-13-24-40(51-39)32(2)48-44-20-10-7-17-37(44)29-30-38-18-8-12-22-46(38)50-34(4)42-26-14-25-41(52-42)33(3)49-45-21-11-6-16-36(45)28-27-35-15-5-9-19-43(35)47-31/h5-26H,27-30H2,1-4H3. The summed E-state index contributed by atoms with van der Waals surface area (Å²) in [4.78, 5) is 30.4. The summed E-state index contributed by atoms with van der Waals surface area (Å²) in [5, 5.41) is 0. The van der Waals surface area contributed by atoms with E-state index in [1.807, 2.05) is 88.4 Å². The van der Waals surface area contributed by atoms with Crippen LogP contribution in [0.1, 0.15) is 72.7 Å². The summed E-state index contributed by atoms with van der Waals surface area (Å²) in [5.41, 5.74) is 15.2. The minimum atomic E-state index is 0.821. The summed E-state index contributed by atoms with van der Waals surface area (Å²) in [5.74, 6) is 0. The van der Waals surface area contributed by atoms with Crippen molar-refractivity contribution in [3.05, 3.63) is 178 Å². The topological polar surface area (TPSA) is 75.2 Å². The zero-order valence-corrected chi connectivity index (χ0v) is 30.2. The second-order valence-electron chi connectivity index (χ2n) is 13.1. The molecule has 6 heteroatoms. The first-order valence-electron chi connectivity index (χ1n) is 17.9. The number of aromatic nitrogens is 2. The van der Waals surface area contributed by atoms with E-state index in [4.69, 9.17) is 29.9 Å². The summed E-state index contributed by atoms with van der Waals surface area (Å²) in [7, 11) is 0. The van der Waals surface area contributed by atoms with Crippen LogP contribution in [0, 0.1) is 0 Å². The molecule has 2 aromatic heterocycles. The van der Waals surface area contributed by atoms with E-state index in [0.717, 1.165) is 94.1 Å². The fourth-order valence-electron chi connectivity index (χ4n) is 6.49.